The van der Waals surface area contributed by atoms with Crippen LogP contribution in [0, 0.1) is 0 Å². The number of nitrogen functional groups attached to an aromatic ring is 1. The molecule has 156 valence electrons. The van der Waals surface area contributed by atoms with Crippen LogP contribution in [0.2, 0.25) is 0 Å². The summed E-state index contributed by atoms with van der Waals surface area (Å²) in [5, 5.41) is 3.21. The smallest absolute Gasteiger partial charge is 0.254 e. The Kier molecular flexibility index (Phi) is 6.44. The summed E-state index contributed by atoms with van der Waals surface area (Å²) in [6, 6.07) is 1.38. The van der Waals surface area contributed by atoms with Gasteiger partial charge in [0.05, 0.1) is 18.2 Å². The molecule has 1 aromatic heterocycles. The second-order valence-electron chi connectivity index (χ2n) is 7.28. The molecule has 0 radical (unpaired) electrons. The summed E-state index contributed by atoms with van der Waals surface area (Å²) in [6.45, 7) is 11.3. The highest BCUT2D eigenvalue weighted by Gasteiger charge is 2.29. The van der Waals surface area contributed by atoms with Gasteiger partial charge in [0.15, 0.2) is 0 Å². The van der Waals surface area contributed by atoms with Crippen LogP contribution >= 0.6 is 11.6 Å². The molecule has 2 aliphatic rings. The number of anilines is 2. The maximum Gasteiger partial charge on any atom is 0.254 e. The van der Waals surface area contributed by atoms with Crippen LogP contribution in [0.5, 0.6) is 5.88 Å². The summed E-state index contributed by atoms with van der Waals surface area (Å²) in [5.41, 5.74) is 6.84. The third-order valence-electron chi connectivity index (χ3n) is 4.62. The molecule has 0 unspecified atom stereocenters. The van der Waals surface area contributed by atoms with Crippen molar-refractivity contribution in [3.63, 3.8) is 0 Å². The minimum Gasteiger partial charge on any atom is -0.443 e. The highest BCUT2D eigenvalue weighted by Crippen LogP contribution is 2.31. The Hall–Kier alpha value is -2.58. The highest BCUT2D eigenvalue weighted by atomic mass is 35.5. The lowest BCUT2D eigenvalue weighted by molar-refractivity contribution is -0.117. The van der Waals surface area contributed by atoms with E-state index in [1.165, 1.54) is 0 Å². The quantitative estimate of drug-likeness (QED) is 0.759. The molecule has 3 heterocycles. The average molecular weight is 420 g/mol. The molecule has 0 aliphatic carbocycles. The molecule has 3 rings (SSSR count). The second kappa shape index (κ2) is 8.84. The fraction of sp³-hybridized carbons (Fsp3) is 0.450. The van der Waals surface area contributed by atoms with Gasteiger partial charge in [0.1, 0.15) is 11.6 Å². The Morgan fingerprint density at radius 3 is 2.93 bits per heavy atom. The van der Waals surface area contributed by atoms with E-state index in [1.807, 2.05) is 18.7 Å². The normalized spacial score (nSPS) is 24.6. The summed E-state index contributed by atoms with van der Waals surface area (Å²) in [7, 11) is 0. The molecule has 3 N–H and O–H groups in total. The van der Waals surface area contributed by atoms with Gasteiger partial charge in [0, 0.05) is 30.3 Å². The van der Waals surface area contributed by atoms with E-state index in [2.05, 4.69) is 21.9 Å². The first kappa shape index (κ1) is 21.1. The van der Waals surface area contributed by atoms with Gasteiger partial charge < -0.3 is 25.4 Å². The van der Waals surface area contributed by atoms with Crippen molar-refractivity contribution in [2.24, 2.45) is 0 Å². The molecule has 0 aromatic carbocycles. The number of hydrogen-bond donors (Lipinski definition) is 2. The summed E-state index contributed by atoms with van der Waals surface area (Å²) in [5.74, 6) is 0.953. The van der Waals surface area contributed by atoms with Crippen LogP contribution in [0.1, 0.15) is 27.2 Å². The number of amides is 1. The predicted octanol–water partition coefficient (Wildman–Crippen LogP) is 2.52. The van der Waals surface area contributed by atoms with Gasteiger partial charge in [-0.1, -0.05) is 18.2 Å². The molecule has 2 aliphatic heterocycles. The maximum atomic E-state index is 12.8. The summed E-state index contributed by atoms with van der Waals surface area (Å²) in [6.07, 6.45) is 2.38. The first-order valence-electron chi connectivity index (χ1n) is 9.51. The van der Waals surface area contributed by atoms with Gasteiger partial charge in [-0.15, -0.1) is 0 Å². The summed E-state index contributed by atoms with van der Waals surface area (Å²) >= 11 is 6.61. The standard InChI is InChI=1S/C20H26ClN5O3/c1-11(2)23-19(27)14-8-15(21)12(3)16-10-28-7-5-6-26(16)17-9-18(29-13(14)4)25-20(22)24-17/h8-9,11,16H,3,5-7,10H2,1-2,4H3,(H,23,27)(H2,22,24,25)/b14-13-,15-8+/t16-/m0/s1. The number of aromatic nitrogens is 2. The largest absolute Gasteiger partial charge is 0.443 e. The lowest BCUT2D eigenvalue weighted by Gasteiger charge is -2.31. The molecule has 1 saturated heterocycles. The number of allylic oxidation sites excluding steroid dienone is 1. The summed E-state index contributed by atoms with van der Waals surface area (Å²) < 4.78 is 11.6. The first-order chi connectivity index (χ1) is 13.8. The van der Waals surface area contributed by atoms with Gasteiger partial charge in [-0.2, -0.15) is 9.97 Å². The van der Waals surface area contributed by atoms with Crippen LogP contribution in [-0.4, -0.2) is 47.7 Å². The molecule has 8 nitrogen and oxygen atoms in total. The van der Waals surface area contributed by atoms with Crippen molar-refractivity contribution < 1.29 is 14.3 Å². The SMILES string of the molecule is C=C1/C(Cl)=C\C(C(=O)NC(C)C)=C(/C)Oc2cc(nc(N)n2)N2CCCOC[C@@H]12. The van der Waals surface area contributed by atoms with E-state index in [4.69, 9.17) is 26.8 Å². The maximum absolute atomic E-state index is 12.8. The molecule has 1 aromatic rings. The van der Waals surface area contributed by atoms with Crippen molar-refractivity contribution in [3.8, 4) is 5.88 Å². The van der Waals surface area contributed by atoms with E-state index in [1.54, 1.807) is 19.1 Å². The Labute approximate surface area is 175 Å². The van der Waals surface area contributed by atoms with E-state index in [0.29, 0.717) is 41.9 Å². The molecule has 1 atom stereocenters. The third kappa shape index (κ3) is 4.89. The fourth-order valence-corrected chi connectivity index (χ4v) is 3.46. The van der Waals surface area contributed by atoms with Gasteiger partial charge in [-0.3, -0.25) is 4.79 Å². The Morgan fingerprint density at radius 1 is 1.45 bits per heavy atom. The van der Waals surface area contributed by atoms with Crippen molar-refractivity contribution in [2.75, 3.05) is 30.4 Å². The lowest BCUT2D eigenvalue weighted by Crippen LogP contribution is -2.39. The number of nitrogens with one attached hydrogen (secondary N) is 1. The van der Waals surface area contributed by atoms with Gasteiger partial charge in [0.2, 0.25) is 11.8 Å². The van der Waals surface area contributed by atoms with E-state index in [9.17, 15) is 4.79 Å². The van der Waals surface area contributed by atoms with Gasteiger partial charge in [-0.05, 0) is 38.8 Å². The van der Waals surface area contributed by atoms with Crippen LogP contribution in [-0.2, 0) is 9.53 Å². The molecular weight excluding hydrogens is 394 g/mol. The number of halogens is 1. The monoisotopic (exact) mass is 419 g/mol. The van der Waals surface area contributed by atoms with E-state index >= 15 is 0 Å². The molecule has 9 heteroatoms. The predicted molar refractivity (Wildman–Crippen MR) is 113 cm³/mol. The number of carbonyl (C=O) groups excluding carboxylic acids is 1. The number of hydrogen-bond acceptors (Lipinski definition) is 7. The van der Waals surface area contributed by atoms with Crippen molar-refractivity contribution >= 4 is 29.3 Å². The molecule has 2 bridgehead atoms. The van der Waals surface area contributed by atoms with Gasteiger partial charge in [0.25, 0.3) is 5.91 Å². The number of carbonyl (C=O) groups is 1. The van der Waals surface area contributed by atoms with E-state index < -0.39 is 0 Å². The van der Waals surface area contributed by atoms with Crippen molar-refractivity contribution in [2.45, 2.75) is 39.3 Å². The topological polar surface area (TPSA) is 103 Å². The number of ether oxygens (including phenoxy) is 2. The number of nitrogens with zero attached hydrogens (tertiary/aromatic N) is 3. The van der Waals surface area contributed by atoms with Gasteiger partial charge >= 0.3 is 0 Å². The van der Waals surface area contributed by atoms with Crippen molar-refractivity contribution in [1.29, 1.82) is 0 Å². The van der Waals surface area contributed by atoms with Crippen LogP contribution < -0.4 is 20.7 Å². The minimum absolute atomic E-state index is 0.0524. The number of nitrogens with two attached hydrogens (primary N) is 1. The zero-order chi connectivity index (χ0) is 21.1. The third-order valence-corrected chi connectivity index (χ3v) is 4.97. The molecule has 0 saturated carbocycles. The van der Waals surface area contributed by atoms with E-state index in [0.717, 1.165) is 6.42 Å². The molecule has 0 spiro atoms. The molecule has 1 fully saturated rings. The first-order valence-corrected chi connectivity index (χ1v) is 9.89. The van der Waals surface area contributed by atoms with Crippen molar-refractivity contribution in [1.82, 2.24) is 15.3 Å². The van der Waals surface area contributed by atoms with Crippen LogP contribution in [0.15, 0.2) is 40.7 Å². The minimum atomic E-state index is -0.307. The molecular formula is C20H26ClN5O3. The molecule has 1 amide bonds. The lowest BCUT2D eigenvalue weighted by atomic mass is 10.0. The Morgan fingerprint density at radius 2 is 2.21 bits per heavy atom. The Balaban J connectivity index is 2.16. The fourth-order valence-electron chi connectivity index (χ4n) is 3.23. The van der Waals surface area contributed by atoms with Crippen LogP contribution in [0.3, 0.4) is 0 Å². The van der Waals surface area contributed by atoms with Crippen molar-refractivity contribution in [3.05, 3.63) is 40.7 Å². The highest BCUT2D eigenvalue weighted by molar-refractivity contribution is 6.32. The second-order valence-corrected chi connectivity index (χ2v) is 7.69. The van der Waals surface area contributed by atoms with E-state index in [-0.39, 0.29) is 35.4 Å². The number of rotatable bonds is 2. The zero-order valence-electron chi connectivity index (χ0n) is 16.9. The van der Waals surface area contributed by atoms with Crippen LogP contribution in [0.25, 0.3) is 0 Å². The zero-order valence-corrected chi connectivity index (χ0v) is 17.6. The molecule has 29 heavy (non-hydrogen) atoms. The summed E-state index contributed by atoms with van der Waals surface area (Å²) in [4.78, 5) is 23.3. The average Bonchev–Trinajstić information content (AvgIpc) is 2.89. The van der Waals surface area contributed by atoms with Crippen LogP contribution in [0.4, 0.5) is 11.8 Å². The van der Waals surface area contributed by atoms with Gasteiger partial charge in [-0.25, -0.2) is 0 Å². The Bertz CT molecular complexity index is 881. The number of fused-ring (bicyclic) bond motifs is 4.